The Kier molecular flexibility index (Phi) is 4.25. The number of ether oxygens (including phenoxy) is 1. The van der Waals surface area contributed by atoms with Gasteiger partial charge >= 0.3 is 0 Å². The monoisotopic (exact) mass is 423 g/mol. The number of hydrazone groups is 1. The Balaban J connectivity index is 1.13. The highest BCUT2D eigenvalue weighted by Crippen LogP contribution is 2.65. The van der Waals surface area contributed by atoms with Crippen molar-refractivity contribution in [3.8, 4) is 11.8 Å². The van der Waals surface area contributed by atoms with E-state index in [4.69, 9.17) is 4.74 Å². The van der Waals surface area contributed by atoms with Crippen molar-refractivity contribution in [3.63, 3.8) is 0 Å². The minimum Gasteiger partial charge on any atom is -0.489 e. The van der Waals surface area contributed by atoms with Gasteiger partial charge in [0.25, 0.3) is 11.8 Å². The van der Waals surface area contributed by atoms with Crippen LogP contribution < -0.4 is 4.74 Å². The second-order valence-electron chi connectivity index (χ2n) is 9.01. The molecule has 6 atom stereocenters. The zero-order valence-electron chi connectivity index (χ0n) is 17.3. The number of benzene rings is 2. The van der Waals surface area contributed by atoms with Gasteiger partial charge in [0.1, 0.15) is 12.4 Å². The molecular weight excluding hydrogens is 402 g/mol. The highest BCUT2D eigenvalue weighted by atomic mass is 16.5. The van der Waals surface area contributed by atoms with Crippen LogP contribution in [-0.2, 0) is 16.2 Å². The molecule has 5 aliphatic rings. The van der Waals surface area contributed by atoms with E-state index in [0.29, 0.717) is 29.8 Å². The van der Waals surface area contributed by atoms with Crippen molar-refractivity contribution >= 4 is 18.0 Å². The SMILES string of the molecule is N#Cc1ccccc1COc1ccc(/C=N\N2C(=O)[C@H]3[C@@H]4C=C[C@H]([C@@H]5C[C@H]45)[C@@H]3C2=O)cc1. The molecule has 0 radical (unpaired) electrons. The first-order valence-corrected chi connectivity index (χ1v) is 11.0. The molecule has 0 unspecified atom stereocenters. The number of allylic oxidation sites excluding steroid dienone is 2. The van der Waals surface area contributed by atoms with Gasteiger partial charge in [0, 0.05) is 5.56 Å². The molecule has 1 aliphatic heterocycles. The average Bonchev–Trinajstić information content (AvgIpc) is 3.61. The van der Waals surface area contributed by atoms with Crippen LogP contribution in [0.5, 0.6) is 5.75 Å². The van der Waals surface area contributed by atoms with E-state index in [2.05, 4.69) is 23.3 Å². The highest BCUT2D eigenvalue weighted by molar-refractivity contribution is 6.06. The van der Waals surface area contributed by atoms with E-state index in [0.717, 1.165) is 22.6 Å². The van der Waals surface area contributed by atoms with E-state index in [1.807, 2.05) is 30.3 Å². The number of amides is 2. The molecule has 2 aromatic carbocycles. The van der Waals surface area contributed by atoms with Crippen LogP contribution >= 0.6 is 0 Å². The summed E-state index contributed by atoms with van der Waals surface area (Å²) in [6, 6.07) is 16.8. The maximum Gasteiger partial charge on any atom is 0.254 e. The van der Waals surface area contributed by atoms with Crippen LogP contribution in [-0.4, -0.2) is 23.0 Å². The second-order valence-corrected chi connectivity index (χ2v) is 9.01. The standard InChI is InChI=1S/C26H21N3O3/c27-12-16-3-1-2-4-17(16)14-32-18-7-5-15(6-8-18)13-28-29-25(30)23-19-9-10-20(22-11-21(19)22)24(23)26(29)31/h1-10,13,19-24H,11,14H2/b28-13-/t19-,20-,21-,22+,23+,24+/m1/s1. The molecule has 2 aromatic rings. The highest BCUT2D eigenvalue weighted by Gasteiger charge is 2.67. The quantitative estimate of drug-likeness (QED) is 0.419. The number of hydrogen-bond acceptors (Lipinski definition) is 5. The molecule has 1 heterocycles. The van der Waals surface area contributed by atoms with Crippen molar-refractivity contribution in [1.29, 1.82) is 5.26 Å². The predicted molar refractivity (Wildman–Crippen MR) is 116 cm³/mol. The fraction of sp³-hybridized carbons (Fsp3) is 0.308. The first-order valence-electron chi connectivity index (χ1n) is 11.0. The van der Waals surface area contributed by atoms with E-state index in [9.17, 15) is 14.9 Å². The number of carbonyl (C=O) groups is 2. The summed E-state index contributed by atoms with van der Waals surface area (Å²) in [6.07, 6.45) is 7.02. The molecule has 4 aliphatic carbocycles. The Labute approximate surface area is 185 Å². The lowest BCUT2D eigenvalue weighted by Crippen LogP contribution is -2.40. The molecular formula is C26H21N3O3. The lowest BCUT2D eigenvalue weighted by Gasteiger charge is -2.37. The third kappa shape index (κ3) is 2.89. The zero-order valence-corrected chi connectivity index (χ0v) is 17.3. The maximum atomic E-state index is 13.0. The number of hydrogen-bond donors (Lipinski definition) is 0. The lowest BCUT2D eigenvalue weighted by molar-refractivity contribution is -0.140. The molecule has 0 spiro atoms. The summed E-state index contributed by atoms with van der Waals surface area (Å²) in [5.74, 6) is 1.46. The number of nitrogens with zero attached hydrogens (tertiary/aromatic N) is 3. The molecule has 2 bridgehead atoms. The summed E-state index contributed by atoms with van der Waals surface area (Å²) in [5.41, 5.74) is 2.20. The Morgan fingerprint density at radius 3 is 2.31 bits per heavy atom. The van der Waals surface area contributed by atoms with Crippen molar-refractivity contribution in [3.05, 3.63) is 77.4 Å². The Morgan fingerprint density at radius 1 is 1.00 bits per heavy atom. The third-order valence-corrected chi connectivity index (χ3v) is 7.37. The van der Waals surface area contributed by atoms with Gasteiger partial charge in [-0.2, -0.15) is 15.4 Å². The fourth-order valence-electron chi connectivity index (χ4n) is 5.75. The lowest BCUT2D eigenvalue weighted by atomic mass is 9.63. The van der Waals surface area contributed by atoms with Crippen molar-refractivity contribution < 1.29 is 14.3 Å². The van der Waals surface area contributed by atoms with Crippen LogP contribution in [0.1, 0.15) is 23.1 Å². The van der Waals surface area contributed by atoms with Gasteiger partial charge in [-0.05, 0) is 66.0 Å². The molecule has 7 rings (SSSR count). The van der Waals surface area contributed by atoms with Crippen LogP contribution in [0.25, 0.3) is 0 Å². The van der Waals surface area contributed by atoms with Crippen LogP contribution in [0, 0.1) is 46.8 Å². The fourth-order valence-corrected chi connectivity index (χ4v) is 5.75. The molecule has 3 fully saturated rings. The normalized spacial score (nSPS) is 31.5. The Hall–Kier alpha value is -3.72. The largest absolute Gasteiger partial charge is 0.489 e. The minimum absolute atomic E-state index is 0.155. The summed E-state index contributed by atoms with van der Waals surface area (Å²) in [4.78, 5) is 25.9. The van der Waals surface area contributed by atoms with Gasteiger partial charge in [-0.1, -0.05) is 30.4 Å². The topological polar surface area (TPSA) is 82.8 Å². The Bertz CT molecular complexity index is 1170. The van der Waals surface area contributed by atoms with Crippen molar-refractivity contribution in [2.75, 3.05) is 0 Å². The summed E-state index contributed by atoms with van der Waals surface area (Å²) in [6.45, 7) is 0.301. The summed E-state index contributed by atoms with van der Waals surface area (Å²) in [5, 5.41) is 14.5. The van der Waals surface area contributed by atoms with Crippen LogP contribution in [0.4, 0.5) is 0 Å². The number of nitriles is 1. The van der Waals surface area contributed by atoms with Gasteiger partial charge in [0.05, 0.1) is 29.7 Å². The summed E-state index contributed by atoms with van der Waals surface area (Å²) in [7, 11) is 0. The molecule has 0 aromatic heterocycles. The van der Waals surface area contributed by atoms with Crippen molar-refractivity contribution in [2.24, 2.45) is 40.6 Å². The smallest absolute Gasteiger partial charge is 0.254 e. The number of carbonyl (C=O) groups excluding carboxylic acids is 2. The van der Waals surface area contributed by atoms with Gasteiger partial charge < -0.3 is 4.74 Å². The van der Waals surface area contributed by atoms with Gasteiger partial charge in [-0.15, -0.1) is 0 Å². The first kappa shape index (κ1) is 19.0. The van der Waals surface area contributed by atoms with Gasteiger partial charge in [0.2, 0.25) is 0 Å². The van der Waals surface area contributed by atoms with Crippen LogP contribution in [0.15, 0.2) is 65.8 Å². The van der Waals surface area contributed by atoms with E-state index >= 15 is 0 Å². The van der Waals surface area contributed by atoms with Gasteiger partial charge in [-0.25, -0.2) is 0 Å². The van der Waals surface area contributed by atoms with E-state index in [1.165, 1.54) is 0 Å². The van der Waals surface area contributed by atoms with E-state index in [-0.39, 0.29) is 35.5 Å². The van der Waals surface area contributed by atoms with E-state index < -0.39 is 0 Å². The molecule has 6 nitrogen and oxygen atoms in total. The molecule has 2 saturated carbocycles. The second kappa shape index (κ2) is 7.16. The third-order valence-electron chi connectivity index (χ3n) is 7.37. The van der Waals surface area contributed by atoms with Crippen molar-refractivity contribution in [1.82, 2.24) is 5.01 Å². The average molecular weight is 423 g/mol. The molecule has 1 saturated heterocycles. The summed E-state index contributed by atoms with van der Waals surface area (Å²) < 4.78 is 5.79. The molecule has 32 heavy (non-hydrogen) atoms. The number of rotatable bonds is 5. The zero-order chi connectivity index (χ0) is 21.8. The molecule has 6 heteroatoms. The van der Waals surface area contributed by atoms with Gasteiger partial charge in [-0.3, -0.25) is 9.59 Å². The van der Waals surface area contributed by atoms with Gasteiger partial charge in [0.15, 0.2) is 0 Å². The van der Waals surface area contributed by atoms with Crippen LogP contribution in [0.2, 0.25) is 0 Å². The first-order chi connectivity index (χ1) is 15.7. The summed E-state index contributed by atoms with van der Waals surface area (Å²) >= 11 is 0. The van der Waals surface area contributed by atoms with Crippen LogP contribution in [0.3, 0.4) is 0 Å². The van der Waals surface area contributed by atoms with E-state index in [1.54, 1.807) is 24.4 Å². The minimum atomic E-state index is -0.231. The predicted octanol–water partition coefficient (Wildman–Crippen LogP) is 3.52. The van der Waals surface area contributed by atoms with Crippen molar-refractivity contribution in [2.45, 2.75) is 13.0 Å². The molecule has 2 amide bonds. The Morgan fingerprint density at radius 2 is 1.66 bits per heavy atom. The molecule has 0 N–H and O–H groups in total. The molecule has 158 valence electrons. The number of imide groups is 1. The maximum absolute atomic E-state index is 13.0.